The highest BCUT2D eigenvalue weighted by Crippen LogP contribution is 2.15. The fraction of sp³-hybridized carbons (Fsp3) is 0.462. The van der Waals surface area contributed by atoms with Gasteiger partial charge in [-0.2, -0.15) is 0 Å². The SMILES string of the molecule is CCCN(CCO)Cc1cccc(C(N)=S)c1F. The van der Waals surface area contributed by atoms with E-state index in [-0.39, 0.29) is 23.0 Å². The van der Waals surface area contributed by atoms with Gasteiger partial charge < -0.3 is 10.8 Å². The lowest BCUT2D eigenvalue weighted by molar-refractivity contribution is 0.189. The summed E-state index contributed by atoms with van der Waals surface area (Å²) >= 11 is 4.81. The molecule has 100 valence electrons. The fourth-order valence-electron chi connectivity index (χ4n) is 1.86. The van der Waals surface area contributed by atoms with Crippen molar-refractivity contribution >= 4 is 17.2 Å². The van der Waals surface area contributed by atoms with Crippen LogP contribution in [0.25, 0.3) is 0 Å². The number of nitrogens with two attached hydrogens (primary N) is 1. The van der Waals surface area contributed by atoms with E-state index in [9.17, 15) is 4.39 Å². The van der Waals surface area contributed by atoms with Crippen LogP contribution in [-0.2, 0) is 6.54 Å². The van der Waals surface area contributed by atoms with Gasteiger partial charge in [0, 0.05) is 24.2 Å². The predicted octanol–water partition coefficient (Wildman–Crippen LogP) is 1.66. The minimum atomic E-state index is -0.357. The Kier molecular flexibility index (Phi) is 6.18. The van der Waals surface area contributed by atoms with E-state index in [1.165, 1.54) is 0 Å². The van der Waals surface area contributed by atoms with Gasteiger partial charge in [-0.3, -0.25) is 4.90 Å². The van der Waals surface area contributed by atoms with Gasteiger partial charge in [0.1, 0.15) is 10.8 Å². The van der Waals surface area contributed by atoms with Crippen LogP contribution in [0, 0.1) is 5.82 Å². The maximum atomic E-state index is 14.1. The molecular weight excluding hydrogens is 251 g/mol. The average molecular weight is 270 g/mol. The second-order valence-corrected chi connectivity index (χ2v) is 4.58. The molecule has 5 heteroatoms. The number of aliphatic hydroxyl groups excluding tert-OH is 1. The zero-order chi connectivity index (χ0) is 13.5. The monoisotopic (exact) mass is 270 g/mol. The van der Waals surface area contributed by atoms with Crippen molar-refractivity contribution < 1.29 is 9.50 Å². The minimum absolute atomic E-state index is 0.0661. The summed E-state index contributed by atoms with van der Waals surface area (Å²) in [6.07, 6.45) is 0.955. The number of halogens is 1. The molecule has 0 bridgehead atoms. The average Bonchev–Trinajstić information content (AvgIpc) is 2.32. The standard InChI is InChI=1S/C13H19FN2OS/c1-2-6-16(7-8-17)9-10-4-3-5-11(12(10)14)13(15)18/h3-5,17H,2,6-9H2,1H3,(H2,15,18). The summed E-state index contributed by atoms with van der Waals surface area (Å²) in [4.78, 5) is 2.07. The molecule has 18 heavy (non-hydrogen) atoms. The summed E-state index contributed by atoms with van der Waals surface area (Å²) in [5.74, 6) is -0.357. The summed E-state index contributed by atoms with van der Waals surface area (Å²) in [6.45, 7) is 3.92. The van der Waals surface area contributed by atoms with E-state index in [2.05, 4.69) is 0 Å². The third-order valence-electron chi connectivity index (χ3n) is 2.69. The first-order valence-electron chi connectivity index (χ1n) is 6.00. The Bertz CT molecular complexity index is 406. The van der Waals surface area contributed by atoms with Crippen molar-refractivity contribution in [2.75, 3.05) is 19.7 Å². The van der Waals surface area contributed by atoms with Crippen molar-refractivity contribution in [3.05, 3.63) is 35.1 Å². The Balaban J connectivity index is 2.88. The van der Waals surface area contributed by atoms with E-state index in [4.69, 9.17) is 23.1 Å². The zero-order valence-electron chi connectivity index (χ0n) is 10.5. The molecule has 0 radical (unpaired) electrons. The van der Waals surface area contributed by atoms with E-state index >= 15 is 0 Å². The smallest absolute Gasteiger partial charge is 0.137 e. The molecule has 0 unspecified atom stereocenters. The van der Waals surface area contributed by atoms with E-state index in [0.29, 0.717) is 18.7 Å². The Morgan fingerprint density at radius 3 is 2.72 bits per heavy atom. The highest BCUT2D eigenvalue weighted by Gasteiger charge is 2.12. The third kappa shape index (κ3) is 4.01. The fourth-order valence-corrected chi connectivity index (χ4v) is 2.02. The van der Waals surface area contributed by atoms with Crippen molar-refractivity contribution in [3.63, 3.8) is 0 Å². The molecule has 1 aromatic carbocycles. The number of hydrogen-bond acceptors (Lipinski definition) is 3. The van der Waals surface area contributed by atoms with Crippen molar-refractivity contribution in [1.82, 2.24) is 4.90 Å². The lowest BCUT2D eigenvalue weighted by Gasteiger charge is -2.21. The number of rotatable bonds is 7. The highest BCUT2D eigenvalue weighted by molar-refractivity contribution is 7.80. The van der Waals surface area contributed by atoms with Crippen LogP contribution in [0.3, 0.4) is 0 Å². The molecule has 0 amide bonds. The van der Waals surface area contributed by atoms with Crippen LogP contribution in [-0.4, -0.2) is 34.7 Å². The lowest BCUT2D eigenvalue weighted by atomic mass is 10.1. The normalized spacial score (nSPS) is 10.9. The maximum absolute atomic E-state index is 14.1. The quantitative estimate of drug-likeness (QED) is 0.740. The van der Waals surface area contributed by atoms with Crippen LogP contribution in [0.1, 0.15) is 24.5 Å². The third-order valence-corrected chi connectivity index (χ3v) is 2.91. The highest BCUT2D eigenvalue weighted by atomic mass is 32.1. The second-order valence-electron chi connectivity index (χ2n) is 4.14. The Hall–Kier alpha value is -1.04. The number of benzene rings is 1. The molecule has 0 atom stereocenters. The summed E-state index contributed by atoms with van der Waals surface area (Å²) in [5.41, 5.74) is 6.31. The summed E-state index contributed by atoms with van der Waals surface area (Å²) in [7, 11) is 0. The van der Waals surface area contributed by atoms with Crippen molar-refractivity contribution in [2.24, 2.45) is 5.73 Å². The summed E-state index contributed by atoms with van der Waals surface area (Å²) in [6, 6.07) is 5.05. The van der Waals surface area contributed by atoms with Crippen LogP contribution in [0.15, 0.2) is 18.2 Å². The molecule has 0 heterocycles. The van der Waals surface area contributed by atoms with E-state index in [0.717, 1.165) is 13.0 Å². The van der Waals surface area contributed by atoms with Crippen molar-refractivity contribution in [3.8, 4) is 0 Å². The van der Waals surface area contributed by atoms with Crippen molar-refractivity contribution in [1.29, 1.82) is 0 Å². The van der Waals surface area contributed by atoms with Gasteiger partial charge in [-0.15, -0.1) is 0 Å². The predicted molar refractivity (Wildman–Crippen MR) is 74.9 cm³/mol. The molecule has 0 spiro atoms. The Morgan fingerprint density at radius 2 is 2.17 bits per heavy atom. The second kappa shape index (κ2) is 7.41. The molecule has 1 aromatic rings. The molecule has 0 fully saturated rings. The van der Waals surface area contributed by atoms with Gasteiger partial charge in [-0.25, -0.2) is 4.39 Å². The minimum Gasteiger partial charge on any atom is -0.395 e. The molecule has 0 aromatic heterocycles. The molecule has 3 N–H and O–H groups in total. The topological polar surface area (TPSA) is 49.5 Å². The zero-order valence-corrected chi connectivity index (χ0v) is 11.3. The first-order chi connectivity index (χ1) is 8.60. The van der Waals surface area contributed by atoms with E-state index < -0.39 is 0 Å². The van der Waals surface area contributed by atoms with Gasteiger partial charge in [0.25, 0.3) is 0 Å². The molecule has 1 rings (SSSR count). The van der Waals surface area contributed by atoms with Crippen LogP contribution in [0.5, 0.6) is 0 Å². The van der Waals surface area contributed by atoms with Gasteiger partial charge >= 0.3 is 0 Å². The lowest BCUT2D eigenvalue weighted by Crippen LogP contribution is -2.28. The number of hydrogen-bond donors (Lipinski definition) is 2. The number of thiocarbonyl (C=S) groups is 1. The first kappa shape index (κ1) is 15.0. The van der Waals surface area contributed by atoms with Crippen molar-refractivity contribution in [2.45, 2.75) is 19.9 Å². The molecule has 0 aliphatic carbocycles. The molecule has 3 nitrogen and oxygen atoms in total. The van der Waals surface area contributed by atoms with Crippen LogP contribution < -0.4 is 5.73 Å². The van der Waals surface area contributed by atoms with Gasteiger partial charge in [0.15, 0.2) is 0 Å². The van der Waals surface area contributed by atoms with Gasteiger partial charge in [-0.05, 0) is 19.0 Å². The molecular formula is C13H19FN2OS. The van der Waals surface area contributed by atoms with Crippen LogP contribution >= 0.6 is 12.2 Å². The molecule has 0 saturated heterocycles. The molecule has 0 aliphatic heterocycles. The number of nitrogens with zero attached hydrogens (tertiary/aromatic N) is 1. The number of aliphatic hydroxyl groups is 1. The maximum Gasteiger partial charge on any atom is 0.137 e. The Morgan fingerprint density at radius 1 is 1.44 bits per heavy atom. The first-order valence-corrected chi connectivity index (χ1v) is 6.41. The van der Waals surface area contributed by atoms with E-state index in [1.54, 1.807) is 18.2 Å². The summed E-state index contributed by atoms with van der Waals surface area (Å²) < 4.78 is 14.1. The largest absolute Gasteiger partial charge is 0.395 e. The van der Waals surface area contributed by atoms with Gasteiger partial charge in [0.05, 0.1) is 6.61 Å². The summed E-state index contributed by atoms with van der Waals surface area (Å²) in [5, 5.41) is 8.98. The molecule has 0 aliphatic rings. The Labute approximate surface area is 112 Å². The van der Waals surface area contributed by atoms with Gasteiger partial charge in [-0.1, -0.05) is 31.3 Å². The van der Waals surface area contributed by atoms with E-state index in [1.807, 2.05) is 11.8 Å². The van der Waals surface area contributed by atoms with Crippen LogP contribution in [0.4, 0.5) is 4.39 Å². The van der Waals surface area contributed by atoms with Gasteiger partial charge in [0.2, 0.25) is 0 Å². The molecule has 0 saturated carbocycles. The van der Waals surface area contributed by atoms with Crippen LogP contribution in [0.2, 0.25) is 0 Å².